The van der Waals surface area contributed by atoms with Crippen molar-refractivity contribution in [1.82, 2.24) is 0 Å². The van der Waals surface area contributed by atoms with Gasteiger partial charge in [-0.1, -0.05) is 0 Å². The minimum atomic E-state index is -4.64. The van der Waals surface area contributed by atoms with E-state index in [0.29, 0.717) is 0 Å². The number of rotatable bonds is 0. The minimum absolute atomic E-state index is 0. The van der Waals surface area contributed by atoms with Gasteiger partial charge in [-0.25, -0.2) is 4.57 Å². The van der Waals surface area contributed by atoms with E-state index in [1.54, 1.807) is 0 Å². The Bertz CT molecular complexity index is 62.2. The topological polar surface area (TPSA) is 77.8 Å². The van der Waals surface area contributed by atoms with Crippen LogP contribution in [0.3, 0.4) is 0 Å². The maximum atomic E-state index is 8.88. The molecule has 0 aromatic carbocycles. The quantitative estimate of drug-likeness (QED) is 0.330. The molecule has 0 unspecified atom stereocenters. The molecule has 1 radical (unpaired) electrons. The van der Waals surface area contributed by atoms with Crippen LogP contribution in [0.4, 0.5) is 4.70 Å². The van der Waals surface area contributed by atoms with Crippen LogP contribution in [-0.4, -0.2) is 37.7 Å². The van der Waals surface area contributed by atoms with Crippen LogP contribution in [-0.2, 0) is 21.6 Å². The molecule has 0 bridgehead atoms. The molecule has 0 amide bonds. The first-order chi connectivity index (χ1) is 2.00. The van der Waals surface area contributed by atoms with E-state index >= 15 is 0 Å². The summed E-state index contributed by atoms with van der Waals surface area (Å²) in [5.41, 5.74) is 0. The fraction of sp³-hybridized carbons (Fsp3) is 0. The molecule has 0 aromatic heterocycles. The summed E-state index contributed by atoms with van der Waals surface area (Å²) in [5.74, 6) is 0. The molecule has 51 valence electrons. The normalized spacial score (nSPS) is 7.38. The van der Waals surface area contributed by atoms with Crippen molar-refractivity contribution in [2.45, 2.75) is 0 Å². The maximum Gasteiger partial charge on any atom is 0.466 e. The molecule has 0 aliphatic rings. The van der Waals surface area contributed by atoms with E-state index < -0.39 is 7.82 Å². The van der Waals surface area contributed by atoms with Crippen molar-refractivity contribution in [3.05, 3.63) is 0 Å². The zero-order valence-electron chi connectivity index (χ0n) is 2.93. The van der Waals surface area contributed by atoms with Gasteiger partial charge in [0.05, 0.1) is 0 Å². The second kappa shape index (κ2) is 8.33. The van der Waals surface area contributed by atoms with Gasteiger partial charge in [-0.3, -0.25) is 0 Å². The molecule has 0 rings (SSSR count). The molecular formula is H5FFeMgO4P. The van der Waals surface area contributed by atoms with Crippen LogP contribution in [0, 0.1) is 0 Å². The third-order valence-electron chi connectivity index (χ3n) is 0. The summed E-state index contributed by atoms with van der Waals surface area (Å²) in [6.45, 7) is 0. The Morgan fingerprint density at radius 2 is 1.12 bits per heavy atom. The molecule has 4 nitrogen and oxygen atoms in total. The summed E-state index contributed by atoms with van der Waals surface area (Å²) >= 11 is 0. The molecule has 0 saturated heterocycles. The van der Waals surface area contributed by atoms with Gasteiger partial charge >= 0.3 is 30.9 Å². The van der Waals surface area contributed by atoms with Gasteiger partial charge < -0.3 is 14.7 Å². The second-order valence-electron chi connectivity index (χ2n) is 0.513. The third kappa shape index (κ3) is 167. The van der Waals surface area contributed by atoms with Crippen molar-refractivity contribution in [3.8, 4) is 0 Å². The molecule has 0 aliphatic heterocycles. The van der Waals surface area contributed by atoms with Crippen molar-refractivity contribution in [2.75, 3.05) is 0 Å². The first kappa shape index (κ1) is 22.8. The molecule has 8 heavy (non-hydrogen) atoms. The van der Waals surface area contributed by atoms with Crippen LogP contribution in [0.2, 0.25) is 0 Å². The number of phosphoric acid groups is 1. The fourth-order valence-corrected chi connectivity index (χ4v) is 0. The Kier molecular flexibility index (Phi) is 23.7. The molecule has 0 atom stereocenters. The Labute approximate surface area is 71.9 Å². The zero-order chi connectivity index (χ0) is 4.50. The van der Waals surface area contributed by atoms with Gasteiger partial charge in [0.15, 0.2) is 0 Å². The molecule has 0 fully saturated rings. The first-order valence-electron chi connectivity index (χ1n) is 0.783. The zero-order valence-corrected chi connectivity index (χ0v) is 4.93. The fourth-order valence-electron chi connectivity index (χ4n) is 0. The molecule has 8 heteroatoms. The number of hydrogen-bond donors (Lipinski definition) is 3. The van der Waals surface area contributed by atoms with Crippen LogP contribution in [0.1, 0.15) is 0 Å². The molecule has 0 spiro atoms. The van der Waals surface area contributed by atoms with Crippen LogP contribution < -0.4 is 0 Å². The largest absolute Gasteiger partial charge is 0.466 e. The average Bonchev–Trinajstić information content (AvgIpc) is 0.722. The van der Waals surface area contributed by atoms with Crippen molar-refractivity contribution in [1.29, 1.82) is 0 Å². The molecule has 0 saturated carbocycles. The van der Waals surface area contributed by atoms with E-state index in [4.69, 9.17) is 19.2 Å². The third-order valence-corrected chi connectivity index (χ3v) is 0. The Hall–Kier alpha value is 1.33. The van der Waals surface area contributed by atoms with Crippen LogP contribution in [0.5, 0.6) is 0 Å². The summed E-state index contributed by atoms with van der Waals surface area (Å²) in [5, 5.41) is 0. The smallest absolute Gasteiger partial charge is 0.303 e. The van der Waals surface area contributed by atoms with E-state index in [0.717, 1.165) is 0 Å². The minimum Gasteiger partial charge on any atom is -0.303 e. The van der Waals surface area contributed by atoms with Crippen LogP contribution in [0.15, 0.2) is 0 Å². The van der Waals surface area contributed by atoms with Crippen molar-refractivity contribution in [2.24, 2.45) is 0 Å². The average molecular weight is 199 g/mol. The summed E-state index contributed by atoms with van der Waals surface area (Å²) in [6.07, 6.45) is 0. The Morgan fingerprint density at radius 3 is 1.12 bits per heavy atom. The van der Waals surface area contributed by atoms with E-state index in [-0.39, 0.29) is 44.8 Å². The van der Waals surface area contributed by atoms with Crippen LogP contribution in [0.25, 0.3) is 0 Å². The van der Waals surface area contributed by atoms with Gasteiger partial charge in [-0.15, -0.1) is 0 Å². The summed E-state index contributed by atoms with van der Waals surface area (Å²) < 4.78 is 8.88. The van der Waals surface area contributed by atoms with E-state index in [1.165, 1.54) is 0 Å². The van der Waals surface area contributed by atoms with Crippen LogP contribution >= 0.6 is 7.82 Å². The van der Waals surface area contributed by atoms with E-state index in [9.17, 15) is 0 Å². The predicted molar refractivity (Wildman–Crippen MR) is 23.9 cm³/mol. The van der Waals surface area contributed by atoms with Gasteiger partial charge in [0, 0.05) is 21.8 Å². The molecule has 0 aliphatic carbocycles. The van der Waals surface area contributed by atoms with Gasteiger partial charge in [-0.2, -0.15) is 0 Å². The van der Waals surface area contributed by atoms with Crippen molar-refractivity contribution >= 4 is 30.9 Å². The summed E-state index contributed by atoms with van der Waals surface area (Å²) in [4.78, 5) is 21.6. The second-order valence-corrected chi connectivity index (χ2v) is 1.54. The molecular weight excluding hydrogens is 194 g/mol. The maximum absolute atomic E-state index is 8.88. The molecule has 0 heterocycles. The summed E-state index contributed by atoms with van der Waals surface area (Å²) in [6, 6.07) is 0. The van der Waals surface area contributed by atoms with Gasteiger partial charge in [0.1, 0.15) is 0 Å². The number of hydrogen-bond acceptors (Lipinski definition) is 1. The monoisotopic (exact) mass is 199 g/mol. The van der Waals surface area contributed by atoms with Crippen molar-refractivity contribution < 1.29 is 41.0 Å². The van der Waals surface area contributed by atoms with Gasteiger partial charge in [-0.05, 0) is 0 Å². The predicted octanol–water partition coefficient (Wildman–Crippen LogP) is -1.43. The Morgan fingerprint density at radius 1 is 1.12 bits per heavy atom. The Balaban J connectivity index is -0.0000000267. The molecule has 0 aromatic rings. The van der Waals surface area contributed by atoms with E-state index in [1.807, 2.05) is 0 Å². The van der Waals surface area contributed by atoms with E-state index in [2.05, 4.69) is 0 Å². The van der Waals surface area contributed by atoms with Crippen molar-refractivity contribution in [3.63, 3.8) is 0 Å². The van der Waals surface area contributed by atoms with Gasteiger partial charge in [0.25, 0.3) is 0 Å². The van der Waals surface area contributed by atoms with Gasteiger partial charge in [0.2, 0.25) is 0 Å². The standard InChI is InChI=1S/F.Fe.Mg.H3O4P.2H/c;;;1-5(2,3)4;;/h;;;(H3,1,2,3,4);;. The molecule has 3 N–H and O–H groups in total. The summed E-state index contributed by atoms with van der Waals surface area (Å²) in [7, 11) is -4.64. The SMILES string of the molecule is O=P(O)(O)O.[F].[Fe].[MgH2]. The number of halogens is 1. The first-order valence-corrected chi connectivity index (χ1v) is 2.35.